The van der Waals surface area contributed by atoms with Crippen LogP contribution in [0.15, 0.2) is 28.8 Å². The highest BCUT2D eigenvalue weighted by molar-refractivity contribution is 7.07. The molecule has 0 saturated carbocycles. The Hall–Kier alpha value is -1.56. The molecule has 15 heavy (non-hydrogen) atoms. The third-order valence-electron chi connectivity index (χ3n) is 2.21. The summed E-state index contributed by atoms with van der Waals surface area (Å²) in [6.07, 6.45) is 1.03. The van der Waals surface area contributed by atoms with Gasteiger partial charge in [0.15, 0.2) is 5.82 Å². The maximum atomic E-state index is 10.4. The second-order valence-corrected chi connectivity index (χ2v) is 4.06. The van der Waals surface area contributed by atoms with Gasteiger partial charge in [0.05, 0.1) is 4.92 Å². The fourth-order valence-corrected chi connectivity index (χ4v) is 2.21. The Morgan fingerprint density at radius 2 is 2.60 bits per heavy atom. The molecule has 1 aliphatic heterocycles. The third kappa shape index (κ3) is 2.47. The van der Waals surface area contributed by atoms with Gasteiger partial charge in [0, 0.05) is 19.6 Å². The van der Waals surface area contributed by atoms with Crippen molar-refractivity contribution in [1.82, 2.24) is 10.2 Å². The maximum absolute atomic E-state index is 10.4. The summed E-state index contributed by atoms with van der Waals surface area (Å²) in [5.41, 5.74) is 1.19. The van der Waals surface area contributed by atoms with Crippen molar-refractivity contribution >= 4 is 11.3 Å². The van der Waals surface area contributed by atoms with Gasteiger partial charge in [-0.1, -0.05) is 0 Å². The van der Waals surface area contributed by atoms with Crippen molar-refractivity contribution in [2.45, 2.75) is 6.54 Å². The number of nitro groups is 1. The van der Waals surface area contributed by atoms with Gasteiger partial charge in [-0.15, -0.1) is 0 Å². The summed E-state index contributed by atoms with van der Waals surface area (Å²) in [5, 5.41) is 17.4. The van der Waals surface area contributed by atoms with Gasteiger partial charge in [-0.2, -0.15) is 11.3 Å². The molecule has 1 fully saturated rings. The number of nitrogens with one attached hydrogen (secondary N) is 1. The van der Waals surface area contributed by atoms with E-state index in [1.54, 1.807) is 11.3 Å². The fraction of sp³-hybridized carbons (Fsp3) is 0.333. The second kappa shape index (κ2) is 4.31. The van der Waals surface area contributed by atoms with Crippen LogP contribution in [-0.4, -0.2) is 22.9 Å². The predicted molar refractivity (Wildman–Crippen MR) is 57.8 cm³/mol. The van der Waals surface area contributed by atoms with Crippen LogP contribution in [0.4, 0.5) is 0 Å². The second-order valence-electron chi connectivity index (χ2n) is 3.28. The van der Waals surface area contributed by atoms with Gasteiger partial charge in [0.1, 0.15) is 0 Å². The molecular weight excluding hydrogens is 214 g/mol. The summed E-state index contributed by atoms with van der Waals surface area (Å²) in [6, 6.07) is 2.03. The quantitative estimate of drug-likeness (QED) is 0.621. The van der Waals surface area contributed by atoms with Crippen LogP contribution in [-0.2, 0) is 6.54 Å². The largest absolute Gasteiger partial charge is 0.365 e. The van der Waals surface area contributed by atoms with Crippen molar-refractivity contribution in [2.24, 2.45) is 0 Å². The molecule has 0 aromatic carbocycles. The minimum atomic E-state index is -0.422. The Balaban J connectivity index is 2.05. The highest BCUT2D eigenvalue weighted by Crippen LogP contribution is 2.14. The third-order valence-corrected chi connectivity index (χ3v) is 2.94. The fourth-order valence-electron chi connectivity index (χ4n) is 1.55. The number of rotatable bonds is 3. The molecule has 0 amide bonds. The molecule has 5 nitrogen and oxygen atoms in total. The predicted octanol–water partition coefficient (Wildman–Crippen LogP) is 1.23. The first kappa shape index (κ1) is 9.97. The summed E-state index contributed by atoms with van der Waals surface area (Å²) in [6.45, 7) is 2.31. The zero-order chi connectivity index (χ0) is 10.7. The zero-order valence-corrected chi connectivity index (χ0v) is 8.87. The average molecular weight is 225 g/mol. The number of thiophene rings is 1. The Kier molecular flexibility index (Phi) is 2.86. The molecule has 0 atom stereocenters. The molecule has 1 aromatic heterocycles. The van der Waals surface area contributed by atoms with E-state index in [0.29, 0.717) is 5.82 Å². The van der Waals surface area contributed by atoms with Crippen molar-refractivity contribution < 1.29 is 4.92 Å². The number of nitrogens with zero attached hydrogens (tertiary/aromatic N) is 2. The van der Waals surface area contributed by atoms with Crippen LogP contribution >= 0.6 is 11.3 Å². The van der Waals surface area contributed by atoms with Crippen LogP contribution in [0.3, 0.4) is 0 Å². The lowest BCUT2D eigenvalue weighted by Crippen LogP contribution is -2.20. The van der Waals surface area contributed by atoms with Gasteiger partial charge in [-0.05, 0) is 22.4 Å². The van der Waals surface area contributed by atoms with E-state index in [2.05, 4.69) is 10.7 Å². The molecular formula is C9H11N3O2S. The Labute approximate surface area is 91.2 Å². The SMILES string of the molecule is O=[N+]([O-])/C=C1\NCCN1Cc1ccsc1. The minimum Gasteiger partial charge on any atom is -0.365 e. The van der Waals surface area contributed by atoms with Crippen molar-refractivity contribution in [2.75, 3.05) is 13.1 Å². The van der Waals surface area contributed by atoms with Crippen LogP contribution in [0.1, 0.15) is 5.56 Å². The van der Waals surface area contributed by atoms with Gasteiger partial charge in [0.25, 0.3) is 6.20 Å². The van der Waals surface area contributed by atoms with E-state index >= 15 is 0 Å². The summed E-state index contributed by atoms with van der Waals surface area (Å²) in [7, 11) is 0. The first-order valence-corrected chi connectivity index (χ1v) is 5.55. The molecule has 0 radical (unpaired) electrons. The van der Waals surface area contributed by atoms with E-state index < -0.39 is 4.92 Å². The van der Waals surface area contributed by atoms with Gasteiger partial charge >= 0.3 is 0 Å². The molecule has 0 unspecified atom stereocenters. The highest BCUT2D eigenvalue weighted by atomic mass is 32.1. The zero-order valence-electron chi connectivity index (χ0n) is 8.05. The van der Waals surface area contributed by atoms with Crippen molar-refractivity contribution in [3.05, 3.63) is 44.5 Å². The molecule has 80 valence electrons. The van der Waals surface area contributed by atoms with Crippen LogP contribution in [0.2, 0.25) is 0 Å². The lowest BCUT2D eigenvalue weighted by Gasteiger charge is -2.15. The van der Waals surface area contributed by atoms with Crippen molar-refractivity contribution in [3.8, 4) is 0 Å². The number of hydrogen-bond acceptors (Lipinski definition) is 5. The van der Waals surface area contributed by atoms with E-state index in [4.69, 9.17) is 0 Å². The molecule has 1 saturated heterocycles. The standard InChI is InChI=1S/C9H11N3O2S/c13-12(14)6-9-10-2-3-11(9)5-8-1-4-15-7-8/h1,4,6-7,10H,2-3,5H2/b9-6+. The lowest BCUT2D eigenvalue weighted by atomic mass is 10.3. The van der Waals surface area contributed by atoms with E-state index in [1.807, 2.05) is 16.3 Å². The Bertz CT molecular complexity index is 375. The normalized spacial score (nSPS) is 18.1. The monoisotopic (exact) mass is 225 g/mol. The Morgan fingerprint density at radius 3 is 3.27 bits per heavy atom. The molecule has 6 heteroatoms. The maximum Gasteiger partial charge on any atom is 0.274 e. The van der Waals surface area contributed by atoms with Crippen LogP contribution in [0.5, 0.6) is 0 Å². The van der Waals surface area contributed by atoms with E-state index in [-0.39, 0.29) is 0 Å². The summed E-state index contributed by atoms with van der Waals surface area (Å²) in [4.78, 5) is 11.9. The molecule has 0 bridgehead atoms. The highest BCUT2D eigenvalue weighted by Gasteiger charge is 2.19. The molecule has 1 aliphatic rings. The summed E-state index contributed by atoms with van der Waals surface area (Å²) < 4.78 is 0. The van der Waals surface area contributed by atoms with E-state index in [1.165, 1.54) is 5.56 Å². The molecule has 0 aliphatic carbocycles. The van der Waals surface area contributed by atoms with Gasteiger partial charge in [-0.3, -0.25) is 10.1 Å². The van der Waals surface area contributed by atoms with Gasteiger partial charge < -0.3 is 10.2 Å². The molecule has 2 heterocycles. The lowest BCUT2D eigenvalue weighted by molar-refractivity contribution is -0.404. The topological polar surface area (TPSA) is 58.4 Å². The summed E-state index contributed by atoms with van der Waals surface area (Å²) >= 11 is 1.64. The van der Waals surface area contributed by atoms with Crippen molar-refractivity contribution in [1.29, 1.82) is 0 Å². The van der Waals surface area contributed by atoms with Gasteiger partial charge in [0.2, 0.25) is 0 Å². The summed E-state index contributed by atoms with van der Waals surface area (Å²) in [5.74, 6) is 0.603. The molecule has 1 N–H and O–H groups in total. The average Bonchev–Trinajstić information content (AvgIpc) is 2.78. The first-order chi connectivity index (χ1) is 7.25. The smallest absolute Gasteiger partial charge is 0.274 e. The van der Waals surface area contributed by atoms with Crippen LogP contribution in [0, 0.1) is 10.1 Å². The molecule has 2 rings (SSSR count). The van der Waals surface area contributed by atoms with Crippen molar-refractivity contribution in [3.63, 3.8) is 0 Å². The molecule has 0 spiro atoms. The first-order valence-electron chi connectivity index (χ1n) is 4.61. The van der Waals surface area contributed by atoms with Crippen LogP contribution < -0.4 is 5.32 Å². The van der Waals surface area contributed by atoms with Crippen LogP contribution in [0.25, 0.3) is 0 Å². The Morgan fingerprint density at radius 1 is 1.73 bits per heavy atom. The van der Waals surface area contributed by atoms with E-state index in [9.17, 15) is 10.1 Å². The van der Waals surface area contributed by atoms with Gasteiger partial charge in [-0.25, -0.2) is 0 Å². The molecule has 1 aromatic rings. The minimum absolute atomic E-state index is 0.422. The van der Waals surface area contributed by atoms with E-state index in [0.717, 1.165) is 25.8 Å². The number of hydrogen-bond donors (Lipinski definition) is 1.